The Bertz CT molecular complexity index is 277. The summed E-state index contributed by atoms with van der Waals surface area (Å²) in [6.45, 7) is 4.00. The second-order valence-electron chi connectivity index (χ2n) is 4.68. The van der Waals surface area contributed by atoms with E-state index in [0.29, 0.717) is 18.8 Å². The van der Waals surface area contributed by atoms with Gasteiger partial charge in [-0.25, -0.2) is 0 Å². The summed E-state index contributed by atoms with van der Waals surface area (Å²) in [6.07, 6.45) is 2.04. The molecule has 84 valence electrons. The Balaban J connectivity index is 2.46. The van der Waals surface area contributed by atoms with Crippen molar-refractivity contribution in [2.24, 2.45) is 11.3 Å². The summed E-state index contributed by atoms with van der Waals surface area (Å²) in [5.74, 6) is 0.199. The maximum Gasteiger partial charge on any atom is 0.240 e. The normalized spacial score (nSPS) is 19.4. The molecule has 1 saturated carbocycles. The highest BCUT2D eigenvalue weighted by atomic mass is 16.3. The summed E-state index contributed by atoms with van der Waals surface area (Å²) >= 11 is 0. The molecule has 1 fully saturated rings. The molecule has 0 heterocycles. The lowest BCUT2D eigenvalue weighted by atomic mass is 10.0. The Hall–Kier alpha value is -1.08. The van der Waals surface area contributed by atoms with Crippen LogP contribution in [0.2, 0.25) is 0 Å². The number of amides is 1. The van der Waals surface area contributed by atoms with E-state index < -0.39 is 5.41 Å². The van der Waals surface area contributed by atoms with Gasteiger partial charge in [0.05, 0.1) is 18.7 Å². The van der Waals surface area contributed by atoms with Crippen molar-refractivity contribution < 1.29 is 9.90 Å². The number of aliphatic hydroxyl groups is 1. The fourth-order valence-corrected chi connectivity index (χ4v) is 1.59. The first-order chi connectivity index (χ1) is 7.04. The molecule has 1 aliphatic carbocycles. The molecular formula is C11H18N2O2. The standard InChI is InChI=1S/C11H18N2O2/c1-8(2)5-9(6-14)13-10(15)11(7-12)3-4-11/h8-9,14H,3-6H2,1-2H3,(H,13,15). The van der Waals surface area contributed by atoms with Gasteiger partial charge in [-0.05, 0) is 25.2 Å². The van der Waals surface area contributed by atoms with Crippen molar-refractivity contribution in [2.75, 3.05) is 6.61 Å². The molecule has 0 bridgehead atoms. The van der Waals surface area contributed by atoms with Gasteiger partial charge in [-0.2, -0.15) is 5.26 Å². The van der Waals surface area contributed by atoms with E-state index in [4.69, 9.17) is 10.4 Å². The molecule has 1 atom stereocenters. The molecule has 0 spiro atoms. The summed E-state index contributed by atoms with van der Waals surface area (Å²) in [6, 6.07) is 1.82. The summed E-state index contributed by atoms with van der Waals surface area (Å²) in [5, 5.41) is 20.6. The number of nitriles is 1. The SMILES string of the molecule is CC(C)CC(CO)NC(=O)C1(C#N)CC1. The van der Waals surface area contributed by atoms with Gasteiger partial charge in [-0.1, -0.05) is 13.8 Å². The fraction of sp³-hybridized carbons (Fsp3) is 0.818. The van der Waals surface area contributed by atoms with Crippen LogP contribution in [0.5, 0.6) is 0 Å². The van der Waals surface area contributed by atoms with E-state index in [9.17, 15) is 4.79 Å². The number of nitrogens with one attached hydrogen (secondary N) is 1. The average Bonchev–Trinajstić information content (AvgIpc) is 2.96. The molecule has 1 amide bonds. The third-order valence-corrected chi connectivity index (χ3v) is 2.71. The summed E-state index contributed by atoms with van der Waals surface area (Å²) in [5.41, 5.74) is -0.787. The third kappa shape index (κ3) is 2.93. The second-order valence-corrected chi connectivity index (χ2v) is 4.68. The zero-order valence-corrected chi connectivity index (χ0v) is 9.29. The first-order valence-electron chi connectivity index (χ1n) is 5.37. The minimum atomic E-state index is -0.787. The van der Waals surface area contributed by atoms with Gasteiger partial charge in [0, 0.05) is 0 Å². The highest BCUT2D eigenvalue weighted by Gasteiger charge is 2.50. The Kier molecular flexibility index (Phi) is 3.70. The number of hydrogen-bond acceptors (Lipinski definition) is 3. The predicted molar refractivity (Wildman–Crippen MR) is 55.8 cm³/mol. The van der Waals surface area contributed by atoms with Crippen molar-refractivity contribution >= 4 is 5.91 Å². The topological polar surface area (TPSA) is 73.1 Å². The minimum Gasteiger partial charge on any atom is -0.394 e. The van der Waals surface area contributed by atoms with E-state index in [-0.39, 0.29) is 18.6 Å². The number of nitrogens with zero attached hydrogens (tertiary/aromatic N) is 1. The van der Waals surface area contributed by atoms with Gasteiger partial charge in [-0.3, -0.25) is 4.79 Å². The maximum atomic E-state index is 11.7. The van der Waals surface area contributed by atoms with Gasteiger partial charge >= 0.3 is 0 Å². The van der Waals surface area contributed by atoms with Crippen molar-refractivity contribution in [3.63, 3.8) is 0 Å². The Morgan fingerprint density at radius 2 is 2.20 bits per heavy atom. The number of carbonyl (C=O) groups excluding carboxylic acids is 1. The van der Waals surface area contributed by atoms with Gasteiger partial charge in [-0.15, -0.1) is 0 Å². The lowest BCUT2D eigenvalue weighted by Crippen LogP contribution is -2.42. The lowest BCUT2D eigenvalue weighted by molar-refractivity contribution is -0.125. The molecule has 0 aliphatic heterocycles. The highest BCUT2D eigenvalue weighted by Crippen LogP contribution is 2.45. The van der Waals surface area contributed by atoms with Crippen molar-refractivity contribution in [3.8, 4) is 6.07 Å². The van der Waals surface area contributed by atoms with Gasteiger partial charge in [0.15, 0.2) is 0 Å². The third-order valence-electron chi connectivity index (χ3n) is 2.71. The van der Waals surface area contributed by atoms with Crippen molar-refractivity contribution in [2.45, 2.75) is 39.2 Å². The van der Waals surface area contributed by atoms with Gasteiger partial charge < -0.3 is 10.4 Å². The highest BCUT2D eigenvalue weighted by molar-refractivity contribution is 5.88. The van der Waals surface area contributed by atoms with E-state index in [1.54, 1.807) is 0 Å². The van der Waals surface area contributed by atoms with Crippen LogP contribution in [0.1, 0.15) is 33.1 Å². The molecular weight excluding hydrogens is 192 g/mol. The molecule has 0 radical (unpaired) electrons. The van der Waals surface area contributed by atoms with Crippen LogP contribution in [0.25, 0.3) is 0 Å². The van der Waals surface area contributed by atoms with Crippen LogP contribution < -0.4 is 5.32 Å². The first-order valence-corrected chi connectivity index (χ1v) is 5.37. The summed E-state index contributed by atoms with van der Waals surface area (Å²) in [7, 11) is 0. The predicted octanol–water partition coefficient (Wildman–Crippen LogP) is 0.813. The van der Waals surface area contributed by atoms with Crippen LogP contribution in [0, 0.1) is 22.7 Å². The number of aliphatic hydroxyl groups excluding tert-OH is 1. The molecule has 4 heteroatoms. The van der Waals surface area contributed by atoms with E-state index in [1.807, 2.05) is 19.9 Å². The Morgan fingerprint density at radius 1 is 1.60 bits per heavy atom. The monoisotopic (exact) mass is 210 g/mol. The molecule has 2 N–H and O–H groups in total. The molecule has 0 aromatic heterocycles. The Morgan fingerprint density at radius 3 is 2.53 bits per heavy atom. The van der Waals surface area contributed by atoms with Crippen LogP contribution in [-0.2, 0) is 4.79 Å². The molecule has 0 aromatic rings. The van der Waals surface area contributed by atoms with Crippen LogP contribution in [0.3, 0.4) is 0 Å². The van der Waals surface area contributed by atoms with Crippen molar-refractivity contribution in [1.29, 1.82) is 5.26 Å². The van der Waals surface area contributed by atoms with Crippen LogP contribution in [0.4, 0.5) is 0 Å². The van der Waals surface area contributed by atoms with E-state index >= 15 is 0 Å². The number of rotatable bonds is 5. The van der Waals surface area contributed by atoms with Crippen molar-refractivity contribution in [3.05, 3.63) is 0 Å². The first kappa shape index (κ1) is 12.0. The molecule has 15 heavy (non-hydrogen) atoms. The van der Waals surface area contributed by atoms with E-state index in [1.165, 1.54) is 0 Å². The Labute approximate surface area is 90.3 Å². The lowest BCUT2D eigenvalue weighted by Gasteiger charge is -2.19. The minimum absolute atomic E-state index is 0.0641. The smallest absolute Gasteiger partial charge is 0.240 e. The van der Waals surface area contributed by atoms with Crippen LogP contribution in [-0.4, -0.2) is 23.7 Å². The summed E-state index contributed by atoms with van der Waals surface area (Å²) in [4.78, 5) is 11.7. The number of carbonyl (C=O) groups is 1. The van der Waals surface area contributed by atoms with Crippen molar-refractivity contribution in [1.82, 2.24) is 5.32 Å². The molecule has 1 aliphatic rings. The fourth-order valence-electron chi connectivity index (χ4n) is 1.59. The van der Waals surface area contributed by atoms with Gasteiger partial charge in [0.2, 0.25) is 5.91 Å². The summed E-state index contributed by atoms with van der Waals surface area (Å²) < 4.78 is 0. The molecule has 1 rings (SSSR count). The number of hydrogen-bond donors (Lipinski definition) is 2. The van der Waals surface area contributed by atoms with E-state index in [2.05, 4.69) is 5.32 Å². The van der Waals surface area contributed by atoms with Crippen LogP contribution >= 0.6 is 0 Å². The molecule has 0 aromatic carbocycles. The largest absolute Gasteiger partial charge is 0.394 e. The van der Waals surface area contributed by atoms with E-state index in [0.717, 1.165) is 6.42 Å². The maximum absolute atomic E-state index is 11.7. The molecule has 4 nitrogen and oxygen atoms in total. The van der Waals surface area contributed by atoms with Gasteiger partial charge in [0.1, 0.15) is 5.41 Å². The molecule has 0 saturated heterocycles. The average molecular weight is 210 g/mol. The second kappa shape index (κ2) is 4.63. The quantitative estimate of drug-likeness (QED) is 0.705. The van der Waals surface area contributed by atoms with Gasteiger partial charge in [0.25, 0.3) is 0 Å². The zero-order valence-electron chi connectivity index (χ0n) is 9.29. The van der Waals surface area contributed by atoms with Crippen LogP contribution in [0.15, 0.2) is 0 Å². The zero-order chi connectivity index (χ0) is 11.5. The molecule has 1 unspecified atom stereocenters.